The molecule has 0 rings (SSSR count). The van der Waals surface area contributed by atoms with Crippen LogP contribution in [0.2, 0.25) is 0 Å². The molecule has 3 N–H and O–H groups in total. The molecule has 0 aliphatic carbocycles. The van der Waals surface area contributed by atoms with Gasteiger partial charge in [0.15, 0.2) is 0 Å². The van der Waals surface area contributed by atoms with Crippen LogP contribution in [0.4, 0.5) is 0 Å². The molecule has 0 aliphatic rings. The first kappa shape index (κ1) is 10.4. The minimum atomic E-state index is 0.275. The van der Waals surface area contributed by atoms with Gasteiger partial charge >= 0.3 is 0 Å². The highest BCUT2D eigenvalue weighted by Gasteiger charge is 2.05. The smallest absolute Gasteiger partial charge is 0.127 e. The second-order valence-electron chi connectivity index (χ2n) is 2.26. The number of rotatable bonds is 4. The normalized spacial score (nSPS) is 14.7. The zero-order valence-electron chi connectivity index (χ0n) is 7.73. The maximum absolute atomic E-state index is 4.08. The van der Waals surface area contributed by atoms with E-state index in [0.717, 1.165) is 12.4 Å². The van der Waals surface area contributed by atoms with Crippen molar-refractivity contribution in [2.75, 3.05) is 20.6 Å². The van der Waals surface area contributed by atoms with Gasteiger partial charge in [-0.05, 0) is 13.5 Å². The predicted molar refractivity (Wildman–Crippen MR) is 48.7 cm³/mol. The minimum absolute atomic E-state index is 0.275. The number of hydrazine groups is 1. The van der Waals surface area contributed by atoms with Gasteiger partial charge < -0.3 is 10.7 Å². The Balaban J connectivity index is 3.82. The van der Waals surface area contributed by atoms with Crippen molar-refractivity contribution >= 4 is 5.84 Å². The van der Waals surface area contributed by atoms with E-state index in [4.69, 9.17) is 0 Å². The molecule has 0 saturated heterocycles. The fourth-order valence-electron chi connectivity index (χ4n) is 0.889. The molecule has 1 unspecified atom stereocenters. The standard InChI is InChI=1S/C7H18N4/c1-5-10-6(2)7(8-3)11-9-4/h6,9-10H,5H2,1-4H3,(H,8,11). The molecule has 0 amide bonds. The van der Waals surface area contributed by atoms with Crippen LogP contribution in [0.15, 0.2) is 4.99 Å². The molecular formula is C7H18N4. The summed E-state index contributed by atoms with van der Waals surface area (Å²) in [5, 5.41) is 3.25. The Morgan fingerprint density at radius 1 is 1.55 bits per heavy atom. The van der Waals surface area contributed by atoms with E-state index >= 15 is 0 Å². The van der Waals surface area contributed by atoms with E-state index in [1.165, 1.54) is 0 Å². The quantitative estimate of drug-likeness (QED) is 0.300. The first-order valence-corrected chi connectivity index (χ1v) is 3.89. The average molecular weight is 158 g/mol. The van der Waals surface area contributed by atoms with Gasteiger partial charge in [-0.1, -0.05) is 6.92 Å². The Labute approximate surface area is 68.4 Å². The van der Waals surface area contributed by atoms with Crippen molar-refractivity contribution in [1.29, 1.82) is 0 Å². The van der Waals surface area contributed by atoms with Crippen LogP contribution >= 0.6 is 0 Å². The number of aliphatic imine (C=N–C) groups is 1. The lowest BCUT2D eigenvalue weighted by molar-refractivity contribution is 0.642. The lowest BCUT2D eigenvalue weighted by Gasteiger charge is -2.15. The first-order valence-electron chi connectivity index (χ1n) is 3.89. The van der Waals surface area contributed by atoms with Crippen molar-refractivity contribution in [3.8, 4) is 0 Å². The molecule has 0 heterocycles. The molecule has 0 bridgehead atoms. The predicted octanol–water partition coefficient (Wildman–Crippen LogP) is -0.263. The number of nitrogens with one attached hydrogen (secondary N) is 3. The average Bonchev–Trinajstić information content (AvgIpc) is 2.00. The van der Waals surface area contributed by atoms with Crippen LogP contribution in [0.1, 0.15) is 13.8 Å². The summed E-state index contributed by atoms with van der Waals surface area (Å²) in [6.07, 6.45) is 0. The number of hydrogen-bond acceptors (Lipinski definition) is 3. The summed E-state index contributed by atoms with van der Waals surface area (Å²) in [6.45, 7) is 5.09. The molecule has 1 atom stereocenters. The van der Waals surface area contributed by atoms with Crippen LogP contribution in [0.25, 0.3) is 0 Å². The van der Waals surface area contributed by atoms with Crippen LogP contribution in [-0.2, 0) is 0 Å². The van der Waals surface area contributed by atoms with Gasteiger partial charge in [0.25, 0.3) is 0 Å². The highest BCUT2D eigenvalue weighted by atomic mass is 15.4. The van der Waals surface area contributed by atoms with Gasteiger partial charge in [-0.3, -0.25) is 4.99 Å². The third-order valence-corrected chi connectivity index (χ3v) is 1.41. The Hall–Kier alpha value is -0.610. The zero-order chi connectivity index (χ0) is 8.69. The highest BCUT2D eigenvalue weighted by molar-refractivity contribution is 5.86. The van der Waals surface area contributed by atoms with Crippen molar-refractivity contribution in [3.05, 3.63) is 0 Å². The van der Waals surface area contributed by atoms with Crippen LogP contribution in [0.5, 0.6) is 0 Å². The van der Waals surface area contributed by atoms with Gasteiger partial charge in [0, 0.05) is 14.1 Å². The number of nitrogens with zero attached hydrogens (tertiary/aromatic N) is 1. The molecule has 0 aliphatic heterocycles. The molecular weight excluding hydrogens is 140 g/mol. The van der Waals surface area contributed by atoms with E-state index in [-0.39, 0.29) is 6.04 Å². The largest absolute Gasteiger partial charge is 0.309 e. The minimum Gasteiger partial charge on any atom is -0.309 e. The Morgan fingerprint density at radius 2 is 2.18 bits per heavy atom. The van der Waals surface area contributed by atoms with Crippen LogP contribution < -0.4 is 16.2 Å². The summed E-state index contributed by atoms with van der Waals surface area (Å²) in [7, 11) is 3.59. The van der Waals surface area contributed by atoms with Crippen molar-refractivity contribution in [2.24, 2.45) is 4.99 Å². The maximum atomic E-state index is 4.08. The van der Waals surface area contributed by atoms with E-state index in [1.807, 2.05) is 7.05 Å². The third-order valence-electron chi connectivity index (χ3n) is 1.41. The summed E-state index contributed by atoms with van der Waals surface area (Å²) >= 11 is 0. The molecule has 66 valence electrons. The van der Waals surface area contributed by atoms with E-state index in [0.29, 0.717) is 0 Å². The lowest BCUT2D eigenvalue weighted by atomic mass is 10.3. The molecule has 4 nitrogen and oxygen atoms in total. The van der Waals surface area contributed by atoms with Crippen molar-refractivity contribution < 1.29 is 0 Å². The van der Waals surface area contributed by atoms with Gasteiger partial charge in [0.1, 0.15) is 5.84 Å². The van der Waals surface area contributed by atoms with Gasteiger partial charge in [-0.25, -0.2) is 5.43 Å². The highest BCUT2D eigenvalue weighted by Crippen LogP contribution is 1.82. The van der Waals surface area contributed by atoms with Crippen molar-refractivity contribution in [2.45, 2.75) is 19.9 Å². The lowest BCUT2D eigenvalue weighted by Crippen LogP contribution is -2.46. The summed E-state index contributed by atoms with van der Waals surface area (Å²) in [5.74, 6) is 0.925. The number of likely N-dealkylation sites (N-methyl/N-ethyl adjacent to an activating group) is 1. The molecule has 0 saturated carbocycles. The molecule has 0 spiro atoms. The summed E-state index contributed by atoms with van der Waals surface area (Å²) in [6, 6.07) is 0.275. The molecule has 4 heteroatoms. The second-order valence-corrected chi connectivity index (χ2v) is 2.26. The van der Waals surface area contributed by atoms with E-state index in [1.54, 1.807) is 7.05 Å². The Bertz CT molecular complexity index is 122. The molecule has 0 fully saturated rings. The Morgan fingerprint density at radius 3 is 2.55 bits per heavy atom. The van der Waals surface area contributed by atoms with E-state index in [9.17, 15) is 0 Å². The van der Waals surface area contributed by atoms with Gasteiger partial charge in [-0.15, -0.1) is 0 Å². The molecule has 0 aromatic rings. The van der Waals surface area contributed by atoms with Gasteiger partial charge in [0.05, 0.1) is 6.04 Å². The summed E-state index contributed by atoms with van der Waals surface area (Å²) in [4.78, 5) is 4.08. The third kappa shape index (κ3) is 3.95. The van der Waals surface area contributed by atoms with Crippen molar-refractivity contribution in [1.82, 2.24) is 16.2 Å². The van der Waals surface area contributed by atoms with Crippen LogP contribution in [-0.4, -0.2) is 32.5 Å². The van der Waals surface area contributed by atoms with E-state index < -0.39 is 0 Å². The molecule has 0 aromatic heterocycles. The second kappa shape index (κ2) is 6.12. The molecule has 11 heavy (non-hydrogen) atoms. The monoisotopic (exact) mass is 158 g/mol. The summed E-state index contributed by atoms with van der Waals surface area (Å²) in [5.41, 5.74) is 5.79. The van der Waals surface area contributed by atoms with Crippen LogP contribution in [0, 0.1) is 0 Å². The van der Waals surface area contributed by atoms with E-state index in [2.05, 4.69) is 35.0 Å². The topological polar surface area (TPSA) is 48.5 Å². The number of amidine groups is 1. The van der Waals surface area contributed by atoms with Gasteiger partial charge in [0.2, 0.25) is 0 Å². The molecule has 0 aromatic carbocycles. The maximum Gasteiger partial charge on any atom is 0.127 e. The van der Waals surface area contributed by atoms with Gasteiger partial charge in [-0.2, -0.15) is 0 Å². The first-order chi connectivity index (χ1) is 5.26. The summed E-state index contributed by atoms with van der Waals surface area (Å²) < 4.78 is 0. The number of hydrogen-bond donors (Lipinski definition) is 3. The fourth-order valence-corrected chi connectivity index (χ4v) is 0.889. The SMILES string of the molecule is CCNC(C)C(=NC)NNC. The zero-order valence-corrected chi connectivity index (χ0v) is 7.73. The fraction of sp³-hybridized carbons (Fsp3) is 0.857. The van der Waals surface area contributed by atoms with Crippen molar-refractivity contribution in [3.63, 3.8) is 0 Å². The van der Waals surface area contributed by atoms with Crippen LogP contribution in [0.3, 0.4) is 0 Å². The Kier molecular flexibility index (Phi) is 5.78. The molecule has 0 radical (unpaired) electrons.